The third-order valence-electron chi connectivity index (χ3n) is 2.16. The van der Waals surface area contributed by atoms with E-state index >= 15 is 0 Å². The second kappa shape index (κ2) is 5.52. The van der Waals surface area contributed by atoms with Crippen LogP contribution in [0.3, 0.4) is 0 Å². The Hall–Kier alpha value is -1.11. The fourth-order valence-corrected chi connectivity index (χ4v) is 1.42. The Morgan fingerprint density at radius 3 is 2.62 bits per heavy atom. The van der Waals surface area contributed by atoms with E-state index in [1.807, 2.05) is 12.4 Å². The standard InChI is InChI=1S/C12H17N/c1-3-5-11(4-2)10-12-6-8-13-9-7-12/h4,6-9H,3,5,10H2,1-2H3/b11-4-. The molecule has 0 aromatic carbocycles. The Labute approximate surface area is 80.5 Å². The molecule has 1 aromatic rings. The van der Waals surface area contributed by atoms with Gasteiger partial charge in [0.05, 0.1) is 0 Å². The molecular weight excluding hydrogens is 158 g/mol. The van der Waals surface area contributed by atoms with Gasteiger partial charge in [-0.05, 0) is 37.5 Å². The monoisotopic (exact) mass is 175 g/mol. The molecule has 0 unspecified atom stereocenters. The van der Waals surface area contributed by atoms with Gasteiger partial charge in [-0.25, -0.2) is 0 Å². The first kappa shape index (κ1) is 9.97. The molecule has 0 fully saturated rings. The van der Waals surface area contributed by atoms with Crippen molar-refractivity contribution in [2.24, 2.45) is 0 Å². The lowest BCUT2D eigenvalue weighted by Gasteiger charge is -2.04. The predicted octanol–water partition coefficient (Wildman–Crippen LogP) is 3.37. The molecule has 0 N–H and O–H groups in total. The maximum Gasteiger partial charge on any atom is 0.0270 e. The Balaban J connectivity index is 2.58. The fraction of sp³-hybridized carbons (Fsp3) is 0.417. The van der Waals surface area contributed by atoms with Gasteiger partial charge in [0, 0.05) is 12.4 Å². The van der Waals surface area contributed by atoms with E-state index in [9.17, 15) is 0 Å². The summed E-state index contributed by atoms with van der Waals surface area (Å²) in [7, 11) is 0. The number of rotatable bonds is 4. The Morgan fingerprint density at radius 1 is 1.38 bits per heavy atom. The first-order chi connectivity index (χ1) is 6.36. The van der Waals surface area contributed by atoms with Gasteiger partial charge in [-0.3, -0.25) is 4.98 Å². The number of hydrogen-bond donors (Lipinski definition) is 0. The van der Waals surface area contributed by atoms with Crippen molar-refractivity contribution < 1.29 is 0 Å². The zero-order chi connectivity index (χ0) is 9.52. The van der Waals surface area contributed by atoms with Crippen molar-refractivity contribution >= 4 is 0 Å². The lowest BCUT2D eigenvalue weighted by atomic mass is 10.0. The zero-order valence-corrected chi connectivity index (χ0v) is 8.46. The van der Waals surface area contributed by atoms with Crippen molar-refractivity contribution in [2.45, 2.75) is 33.1 Å². The lowest BCUT2D eigenvalue weighted by Crippen LogP contribution is -1.90. The molecule has 0 bridgehead atoms. The molecule has 70 valence electrons. The highest BCUT2D eigenvalue weighted by Gasteiger charge is 1.96. The molecule has 0 saturated carbocycles. The van der Waals surface area contributed by atoms with Gasteiger partial charge in [-0.15, -0.1) is 0 Å². The molecule has 1 heterocycles. The van der Waals surface area contributed by atoms with Crippen LogP contribution in [-0.2, 0) is 6.42 Å². The minimum Gasteiger partial charge on any atom is -0.265 e. The maximum atomic E-state index is 4.01. The lowest BCUT2D eigenvalue weighted by molar-refractivity contribution is 0.867. The summed E-state index contributed by atoms with van der Waals surface area (Å²) >= 11 is 0. The fourth-order valence-electron chi connectivity index (χ4n) is 1.42. The molecule has 1 heteroatoms. The molecule has 13 heavy (non-hydrogen) atoms. The summed E-state index contributed by atoms with van der Waals surface area (Å²) in [6.07, 6.45) is 9.45. The number of nitrogens with zero attached hydrogens (tertiary/aromatic N) is 1. The van der Waals surface area contributed by atoms with Crippen molar-refractivity contribution in [3.05, 3.63) is 41.7 Å². The molecule has 0 aliphatic carbocycles. The molecule has 1 nitrogen and oxygen atoms in total. The van der Waals surface area contributed by atoms with Crippen molar-refractivity contribution in [1.29, 1.82) is 0 Å². The Bertz CT molecular complexity index is 262. The van der Waals surface area contributed by atoms with Gasteiger partial charge in [0.15, 0.2) is 0 Å². The highest BCUT2D eigenvalue weighted by molar-refractivity contribution is 5.18. The smallest absolute Gasteiger partial charge is 0.0270 e. The van der Waals surface area contributed by atoms with Crippen LogP contribution >= 0.6 is 0 Å². The highest BCUT2D eigenvalue weighted by atomic mass is 14.6. The first-order valence-electron chi connectivity index (χ1n) is 4.89. The molecule has 0 saturated heterocycles. The Morgan fingerprint density at radius 2 is 2.08 bits per heavy atom. The molecule has 0 aliphatic heterocycles. The Kier molecular flexibility index (Phi) is 4.24. The quantitative estimate of drug-likeness (QED) is 0.639. The molecule has 0 atom stereocenters. The SMILES string of the molecule is C/C=C(/CCC)Cc1ccncc1. The second-order valence-corrected chi connectivity index (χ2v) is 3.23. The summed E-state index contributed by atoms with van der Waals surface area (Å²) in [5.74, 6) is 0. The average Bonchev–Trinajstić information content (AvgIpc) is 2.19. The minimum atomic E-state index is 1.08. The van der Waals surface area contributed by atoms with Crippen LogP contribution in [0, 0.1) is 0 Å². The van der Waals surface area contributed by atoms with Crippen LogP contribution < -0.4 is 0 Å². The van der Waals surface area contributed by atoms with Crippen LogP contribution in [0.4, 0.5) is 0 Å². The van der Waals surface area contributed by atoms with Gasteiger partial charge >= 0.3 is 0 Å². The summed E-state index contributed by atoms with van der Waals surface area (Å²) in [4.78, 5) is 4.01. The summed E-state index contributed by atoms with van der Waals surface area (Å²) in [5.41, 5.74) is 2.88. The van der Waals surface area contributed by atoms with Gasteiger partial charge in [-0.1, -0.05) is 25.0 Å². The summed E-state index contributed by atoms with van der Waals surface area (Å²) in [5, 5.41) is 0. The largest absolute Gasteiger partial charge is 0.265 e. The summed E-state index contributed by atoms with van der Waals surface area (Å²) in [6.45, 7) is 4.34. The number of aromatic nitrogens is 1. The van der Waals surface area contributed by atoms with Crippen LogP contribution in [0.1, 0.15) is 32.3 Å². The van der Waals surface area contributed by atoms with Crippen LogP contribution in [0.2, 0.25) is 0 Å². The number of allylic oxidation sites excluding steroid dienone is 2. The van der Waals surface area contributed by atoms with E-state index in [1.165, 1.54) is 24.0 Å². The van der Waals surface area contributed by atoms with Gasteiger partial charge in [0.2, 0.25) is 0 Å². The normalized spacial score (nSPS) is 11.7. The van der Waals surface area contributed by atoms with Crippen LogP contribution in [0.25, 0.3) is 0 Å². The van der Waals surface area contributed by atoms with Crippen molar-refractivity contribution in [3.8, 4) is 0 Å². The number of pyridine rings is 1. The van der Waals surface area contributed by atoms with E-state index in [2.05, 4.69) is 37.0 Å². The van der Waals surface area contributed by atoms with Gasteiger partial charge in [-0.2, -0.15) is 0 Å². The predicted molar refractivity (Wildman–Crippen MR) is 56.6 cm³/mol. The van der Waals surface area contributed by atoms with E-state index in [4.69, 9.17) is 0 Å². The van der Waals surface area contributed by atoms with E-state index in [0.717, 1.165) is 6.42 Å². The van der Waals surface area contributed by atoms with Crippen LogP contribution in [-0.4, -0.2) is 4.98 Å². The van der Waals surface area contributed by atoms with E-state index in [0.29, 0.717) is 0 Å². The van der Waals surface area contributed by atoms with Gasteiger partial charge in [0.1, 0.15) is 0 Å². The van der Waals surface area contributed by atoms with Crippen LogP contribution in [0.5, 0.6) is 0 Å². The van der Waals surface area contributed by atoms with Crippen LogP contribution in [0.15, 0.2) is 36.2 Å². The number of hydrogen-bond acceptors (Lipinski definition) is 1. The van der Waals surface area contributed by atoms with Crippen molar-refractivity contribution in [2.75, 3.05) is 0 Å². The van der Waals surface area contributed by atoms with E-state index < -0.39 is 0 Å². The van der Waals surface area contributed by atoms with Crippen molar-refractivity contribution in [1.82, 2.24) is 4.98 Å². The molecular formula is C12H17N. The third kappa shape index (κ3) is 3.41. The molecule has 0 aliphatic rings. The van der Waals surface area contributed by atoms with Gasteiger partial charge < -0.3 is 0 Å². The highest BCUT2D eigenvalue weighted by Crippen LogP contribution is 2.11. The van der Waals surface area contributed by atoms with Gasteiger partial charge in [0.25, 0.3) is 0 Å². The molecule has 0 spiro atoms. The third-order valence-corrected chi connectivity index (χ3v) is 2.16. The maximum absolute atomic E-state index is 4.01. The topological polar surface area (TPSA) is 12.9 Å². The second-order valence-electron chi connectivity index (χ2n) is 3.23. The summed E-state index contributed by atoms with van der Waals surface area (Å²) < 4.78 is 0. The average molecular weight is 175 g/mol. The molecule has 0 radical (unpaired) electrons. The zero-order valence-electron chi connectivity index (χ0n) is 8.46. The first-order valence-corrected chi connectivity index (χ1v) is 4.89. The minimum absolute atomic E-state index is 1.08. The van der Waals surface area contributed by atoms with Crippen molar-refractivity contribution in [3.63, 3.8) is 0 Å². The molecule has 1 rings (SSSR count). The summed E-state index contributed by atoms with van der Waals surface area (Å²) in [6, 6.07) is 4.16. The van der Waals surface area contributed by atoms with E-state index in [1.54, 1.807) is 0 Å². The molecule has 1 aromatic heterocycles. The molecule has 0 amide bonds. The van der Waals surface area contributed by atoms with E-state index in [-0.39, 0.29) is 0 Å².